The second kappa shape index (κ2) is 14.8. The number of carbonyl (C=O) groups excluding carboxylic acids is 1. The fourth-order valence-electron chi connectivity index (χ4n) is 2.68. The molecule has 4 nitrogen and oxygen atoms in total. The number of aryl methyl sites for hydroxylation is 2. The highest BCUT2D eigenvalue weighted by atomic mass is 32.2. The van der Waals surface area contributed by atoms with E-state index in [1.165, 1.54) is 40.3 Å². The van der Waals surface area contributed by atoms with Gasteiger partial charge in [0.15, 0.2) is 0 Å². The maximum absolute atomic E-state index is 13.5. The molecular weight excluding hydrogens is 512 g/mol. The van der Waals surface area contributed by atoms with E-state index in [9.17, 15) is 27.3 Å². The quantitative estimate of drug-likeness (QED) is 0.180. The van der Waals surface area contributed by atoms with Crippen LogP contribution in [0.15, 0.2) is 58.2 Å². The molecule has 1 aromatic heterocycles. The first kappa shape index (κ1) is 31.4. The van der Waals surface area contributed by atoms with Crippen LogP contribution in [0.2, 0.25) is 0 Å². The molecule has 1 heterocycles. The maximum atomic E-state index is 13.5. The molecule has 0 aliphatic heterocycles. The highest BCUT2D eigenvalue weighted by Gasteiger charge is 2.34. The Hall–Kier alpha value is -2.59. The van der Waals surface area contributed by atoms with Gasteiger partial charge in [-0.25, -0.2) is 9.37 Å². The summed E-state index contributed by atoms with van der Waals surface area (Å²) in [6, 6.07) is 2.90. The molecule has 0 radical (unpaired) electrons. The number of nitrogens with zero attached hydrogens (tertiary/aromatic N) is 2. The van der Waals surface area contributed by atoms with Crippen LogP contribution in [0, 0.1) is 17.6 Å². The zero-order valence-corrected chi connectivity index (χ0v) is 22.6. The van der Waals surface area contributed by atoms with Crippen molar-refractivity contribution in [2.75, 3.05) is 5.75 Å². The molecule has 0 saturated heterocycles. The summed E-state index contributed by atoms with van der Waals surface area (Å²) in [5.41, 5.74) is 2.49. The number of thioether (sulfide) groups is 1. The molecule has 0 fully saturated rings. The summed E-state index contributed by atoms with van der Waals surface area (Å²) in [6.07, 6.45) is 1.37. The molecule has 1 amide bonds. The number of hydrogen-bond donors (Lipinski definition) is 0. The number of alkyl halides is 3. The second-order valence-corrected chi connectivity index (χ2v) is 10.2. The van der Waals surface area contributed by atoms with Crippen LogP contribution in [0.1, 0.15) is 56.7 Å². The zero-order valence-electron chi connectivity index (χ0n) is 21.0. The summed E-state index contributed by atoms with van der Waals surface area (Å²) in [6.45, 7) is 13.8. The lowest BCUT2D eigenvalue weighted by Gasteiger charge is -2.08. The second-order valence-electron chi connectivity index (χ2n) is 7.94. The van der Waals surface area contributed by atoms with Gasteiger partial charge in [0.2, 0.25) is 0 Å². The van der Waals surface area contributed by atoms with E-state index >= 15 is 0 Å². The molecule has 0 N–H and O–H groups in total. The molecule has 0 unspecified atom stereocenters. The maximum Gasteiger partial charge on any atom is 0.419 e. The lowest BCUT2D eigenvalue weighted by atomic mass is 10.1. The topological polar surface area (TPSA) is 59.4 Å². The van der Waals surface area contributed by atoms with E-state index in [2.05, 4.69) is 42.7 Å². The minimum atomic E-state index is -4.67. The number of thiazole rings is 1. The normalized spacial score (nSPS) is 12.1. The van der Waals surface area contributed by atoms with Crippen LogP contribution in [0.4, 0.5) is 17.6 Å². The van der Waals surface area contributed by atoms with Gasteiger partial charge in [0.05, 0.1) is 17.7 Å². The number of carbonyl (C=O) groups is 1. The van der Waals surface area contributed by atoms with Crippen LogP contribution in [0.5, 0.6) is 0 Å². The van der Waals surface area contributed by atoms with Gasteiger partial charge >= 0.3 is 6.18 Å². The lowest BCUT2D eigenvalue weighted by molar-refractivity contribution is -0.140. The molecule has 0 bridgehead atoms. The third-order valence-corrected chi connectivity index (χ3v) is 7.40. The summed E-state index contributed by atoms with van der Waals surface area (Å²) >= 11 is 2.85. The molecule has 1 aromatic carbocycles. The number of benzene rings is 1. The fourth-order valence-corrected chi connectivity index (χ4v) is 4.43. The molecule has 10 heteroatoms. The van der Waals surface area contributed by atoms with Crippen molar-refractivity contribution in [3.05, 3.63) is 79.8 Å². The van der Waals surface area contributed by atoms with Crippen LogP contribution in [-0.2, 0) is 17.4 Å². The molecule has 2 aromatic rings. The van der Waals surface area contributed by atoms with E-state index in [0.717, 1.165) is 41.3 Å². The number of aromatic nitrogens is 1. The molecule has 0 aliphatic rings. The Morgan fingerprint density at radius 3 is 2.33 bits per heavy atom. The largest absolute Gasteiger partial charge is 0.419 e. The molecule has 0 aliphatic carbocycles. The van der Waals surface area contributed by atoms with Crippen LogP contribution in [0.3, 0.4) is 0 Å². The van der Waals surface area contributed by atoms with Crippen molar-refractivity contribution < 1.29 is 22.4 Å². The lowest BCUT2D eigenvalue weighted by Crippen LogP contribution is -2.07. The molecule has 36 heavy (non-hydrogen) atoms. The van der Waals surface area contributed by atoms with Crippen LogP contribution in [0.25, 0.3) is 10.6 Å². The van der Waals surface area contributed by atoms with Crippen LogP contribution < -0.4 is 0 Å². The Labute approximate surface area is 217 Å². The van der Waals surface area contributed by atoms with E-state index in [1.54, 1.807) is 0 Å². The number of halogens is 4. The monoisotopic (exact) mass is 542 g/mol. The Balaban J connectivity index is 0.000000363. The van der Waals surface area contributed by atoms with Crippen LogP contribution >= 0.6 is 23.1 Å². The van der Waals surface area contributed by atoms with Gasteiger partial charge in [-0.1, -0.05) is 49.8 Å². The van der Waals surface area contributed by atoms with Crippen LogP contribution in [-0.4, -0.2) is 16.6 Å². The van der Waals surface area contributed by atoms with E-state index in [-0.39, 0.29) is 6.42 Å². The Morgan fingerprint density at radius 1 is 1.19 bits per heavy atom. The third kappa shape index (κ3) is 10.6. The van der Waals surface area contributed by atoms with E-state index in [4.69, 9.17) is 0 Å². The molecule has 0 saturated carbocycles. The van der Waals surface area contributed by atoms with Crippen molar-refractivity contribution in [2.45, 2.75) is 60.1 Å². The highest BCUT2D eigenvalue weighted by molar-refractivity contribution is 8.03. The summed E-state index contributed by atoms with van der Waals surface area (Å²) in [5, 5.41) is 2.88. The van der Waals surface area contributed by atoms with Gasteiger partial charge in [-0.2, -0.15) is 13.2 Å². The number of amides is 1. The first-order chi connectivity index (χ1) is 16.8. The SMILES string of the molecule is C=C(CC(=O)N=O)SC/C(C)=C\C=C(\C)CC.CCc1sc(-c2ccc(C(F)(F)F)c(F)c2)nc1C. The molecule has 0 atom stereocenters. The smallest absolute Gasteiger partial charge is 0.269 e. The number of nitroso groups, excluding NO2 is 1. The number of rotatable bonds is 9. The summed E-state index contributed by atoms with van der Waals surface area (Å²) in [5.74, 6) is -1.15. The van der Waals surface area contributed by atoms with Crippen molar-refractivity contribution in [1.29, 1.82) is 0 Å². The van der Waals surface area contributed by atoms with Gasteiger partial charge in [-0.05, 0) is 50.7 Å². The van der Waals surface area contributed by atoms with Crippen molar-refractivity contribution in [1.82, 2.24) is 4.98 Å². The van der Waals surface area contributed by atoms with Crippen molar-refractivity contribution in [2.24, 2.45) is 5.18 Å². The summed E-state index contributed by atoms with van der Waals surface area (Å²) < 4.78 is 50.8. The number of hydrogen-bond acceptors (Lipinski definition) is 5. The van der Waals surface area contributed by atoms with E-state index in [0.29, 0.717) is 15.5 Å². The standard InChI is InChI=1S/C13H11F4NS.C13H19NO2S/c1-3-11-7(2)18-12(19-11)8-4-5-9(10(14)6-8)13(15,16)17;1-5-10(2)6-7-11(3)9-17-12(4)8-13(15)14-16/h4-6H,3H2,1-2H3;6-7H,4-5,8-9H2,1-3H3/b;10-6-,11-7-. The fraction of sp³-hybridized carbons (Fsp3) is 0.385. The molecule has 0 spiro atoms. The van der Waals surface area contributed by atoms with Gasteiger partial charge in [-0.3, -0.25) is 4.79 Å². The van der Waals surface area contributed by atoms with Gasteiger partial charge in [0, 0.05) is 21.4 Å². The predicted octanol–water partition coefficient (Wildman–Crippen LogP) is 9.06. The van der Waals surface area contributed by atoms with Crippen molar-refractivity contribution >= 4 is 29.0 Å². The average Bonchev–Trinajstić information content (AvgIpc) is 3.21. The van der Waals surface area contributed by atoms with Gasteiger partial charge in [0.25, 0.3) is 5.91 Å². The Morgan fingerprint density at radius 2 is 1.83 bits per heavy atom. The minimum Gasteiger partial charge on any atom is -0.269 e. The zero-order chi connectivity index (χ0) is 27.5. The Bertz CT molecular complexity index is 1140. The average molecular weight is 543 g/mol. The number of allylic oxidation sites excluding steroid dienone is 3. The van der Waals surface area contributed by atoms with E-state index < -0.39 is 23.5 Å². The Kier molecular flexibility index (Phi) is 13.0. The first-order valence-corrected chi connectivity index (χ1v) is 13.0. The summed E-state index contributed by atoms with van der Waals surface area (Å²) in [7, 11) is 0. The first-order valence-electron chi connectivity index (χ1n) is 11.1. The van der Waals surface area contributed by atoms with E-state index in [1.807, 2.05) is 20.8 Å². The van der Waals surface area contributed by atoms with Gasteiger partial charge in [-0.15, -0.1) is 28.0 Å². The summed E-state index contributed by atoms with van der Waals surface area (Å²) in [4.78, 5) is 26.6. The minimum absolute atomic E-state index is 0.0330. The third-order valence-electron chi connectivity index (χ3n) is 4.90. The highest BCUT2D eigenvalue weighted by Crippen LogP contribution is 2.35. The molecular formula is C26H30F4N2O2S2. The predicted molar refractivity (Wildman–Crippen MR) is 141 cm³/mol. The van der Waals surface area contributed by atoms with Crippen molar-refractivity contribution in [3.8, 4) is 10.6 Å². The van der Waals surface area contributed by atoms with Gasteiger partial charge in [0.1, 0.15) is 10.8 Å². The van der Waals surface area contributed by atoms with Crippen molar-refractivity contribution in [3.63, 3.8) is 0 Å². The van der Waals surface area contributed by atoms with Gasteiger partial charge < -0.3 is 0 Å². The molecule has 2 rings (SSSR count). The molecule has 196 valence electrons.